The molecule has 2 unspecified atom stereocenters. The van der Waals surface area contributed by atoms with Crippen LogP contribution in [0.25, 0.3) is 10.9 Å². The highest BCUT2D eigenvalue weighted by atomic mass is 16.3. The zero-order chi connectivity index (χ0) is 23.4. The summed E-state index contributed by atoms with van der Waals surface area (Å²) < 4.78 is 0. The van der Waals surface area contributed by atoms with Crippen LogP contribution < -0.4 is 15.5 Å². The number of hydrogen-bond acceptors (Lipinski definition) is 6. The summed E-state index contributed by atoms with van der Waals surface area (Å²) in [5, 5.41) is 25.6. The average molecular weight is 452 g/mol. The summed E-state index contributed by atoms with van der Waals surface area (Å²) in [7, 11) is 0. The molecule has 1 amide bonds. The van der Waals surface area contributed by atoms with Crippen molar-refractivity contribution in [2.24, 2.45) is 5.92 Å². The molecule has 1 aromatic carbocycles. The number of amides is 1. The minimum Gasteiger partial charge on any atom is -0.396 e. The van der Waals surface area contributed by atoms with Gasteiger partial charge in [0.1, 0.15) is 5.82 Å². The SMILES string of the molecule is CCC(=N)NC(=O)c1cc2cc(C)ccc2nc1N1CCC(NC2CCCCC2)C(CO)C1. The first-order chi connectivity index (χ1) is 16.0. The third-order valence-electron chi connectivity index (χ3n) is 7.14. The first-order valence-electron chi connectivity index (χ1n) is 12.4. The van der Waals surface area contributed by atoms with Gasteiger partial charge in [-0.15, -0.1) is 0 Å². The predicted molar refractivity (Wildman–Crippen MR) is 133 cm³/mol. The second-order valence-electron chi connectivity index (χ2n) is 9.63. The molecule has 178 valence electrons. The summed E-state index contributed by atoms with van der Waals surface area (Å²) in [5.41, 5.74) is 2.45. The Labute approximate surface area is 196 Å². The first kappa shape index (κ1) is 23.6. The molecule has 4 N–H and O–H groups in total. The number of amidine groups is 1. The van der Waals surface area contributed by atoms with Crippen molar-refractivity contribution < 1.29 is 9.90 Å². The number of hydrogen-bond donors (Lipinski definition) is 4. The van der Waals surface area contributed by atoms with Crippen LogP contribution in [0.2, 0.25) is 0 Å². The molecule has 0 radical (unpaired) electrons. The molecular weight excluding hydrogens is 414 g/mol. The van der Waals surface area contributed by atoms with E-state index in [4.69, 9.17) is 10.4 Å². The van der Waals surface area contributed by atoms with E-state index in [0.29, 0.717) is 30.4 Å². The number of aliphatic hydroxyl groups excluding tert-OH is 1. The minimum atomic E-state index is -0.296. The van der Waals surface area contributed by atoms with Gasteiger partial charge in [0.05, 0.1) is 16.9 Å². The van der Waals surface area contributed by atoms with Crippen molar-refractivity contribution in [1.82, 2.24) is 15.6 Å². The number of pyridine rings is 1. The van der Waals surface area contributed by atoms with Gasteiger partial charge in [-0.2, -0.15) is 0 Å². The van der Waals surface area contributed by atoms with Crippen LogP contribution >= 0.6 is 0 Å². The van der Waals surface area contributed by atoms with Gasteiger partial charge in [-0.05, 0) is 44.4 Å². The summed E-state index contributed by atoms with van der Waals surface area (Å²) >= 11 is 0. The van der Waals surface area contributed by atoms with Gasteiger partial charge in [0, 0.05) is 49.5 Å². The maximum absolute atomic E-state index is 13.1. The van der Waals surface area contributed by atoms with Crippen molar-refractivity contribution >= 4 is 28.5 Å². The van der Waals surface area contributed by atoms with Crippen LogP contribution in [0.5, 0.6) is 0 Å². The molecule has 2 fully saturated rings. The molecule has 33 heavy (non-hydrogen) atoms. The second-order valence-corrected chi connectivity index (χ2v) is 9.63. The van der Waals surface area contributed by atoms with Crippen LogP contribution in [-0.2, 0) is 0 Å². The number of carbonyl (C=O) groups is 1. The number of nitrogens with zero attached hydrogens (tertiary/aromatic N) is 2. The standard InChI is InChI=1S/C26H37N5O2/c1-3-24(27)30-26(33)21-14-18-13-17(2)9-10-22(18)29-25(21)31-12-11-23(19(15-31)16-32)28-20-7-5-4-6-8-20/h9-10,13-14,19-20,23,28,32H,3-8,11-12,15-16H2,1-2H3,(H2,27,30,33). The highest BCUT2D eigenvalue weighted by Crippen LogP contribution is 2.29. The summed E-state index contributed by atoms with van der Waals surface area (Å²) in [4.78, 5) is 20.1. The van der Waals surface area contributed by atoms with E-state index < -0.39 is 0 Å². The Morgan fingerprint density at radius 3 is 2.73 bits per heavy atom. The van der Waals surface area contributed by atoms with Gasteiger partial charge in [0.2, 0.25) is 0 Å². The molecule has 1 saturated heterocycles. The molecule has 1 saturated carbocycles. The molecule has 1 aliphatic heterocycles. The highest BCUT2D eigenvalue weighted by Gasteiger charge is 2.33. The van der Waals surface area contributed by atoms with Crippen molar-refractivity contribution in [2.75, 3.05) is 24.6 Å². The number of anilines is 1. The van der Waals surface area contributed by atoms with Gasteiger partial charge < -0.3 is 20.6 Å². The quantitative estimate of drug-likeness (QED) is 0.396. The van der Waals surface area contributed by atoms with Crippen LogP contribution in [0.15, 0.2) is 24.3 Å². The molecule has 1 aromatic heterocycles. The molecule has 7 nitrogen and oxygen atoms in total. The zero-order valence-electron chi connectivity index (χ0n) is 19.9. The molecule has 1 aliphatic carbocycles. The van der Waals surface area contributed by atoms with E-state index in [0.717, 1.165) is 29.4 Å². The van der Waals surface area contributed by atoms with E-state index in [9.17, 15) is 9.90 Å². The van der Waals surface area contributed by atoms with Crippen molar-refractivity contribution in [2.45, 2.75) is 70.9 Å². The van der Waals surface area contributed by atoms with Gasteiger partial charge in [0.25, 0.3) is 5.91 Å². The molecular formula is C26H37N5O2. The molecule has 2 heterocycles. The number of benzene rings is 1. The van der Waals surface area contributed by atoms with Gasteiger partial charge in [-0.1, -0.05) is 37.8 Å². The lowest BCUT2D eigenvalue weighted by atomic mass is 9.89. The first-order valence-corrected chi connectivity index (χ1v) is 12.4. The largest absolute Gasteiger partial charge is 0.396 e. The van der Waals surface area contributed by atoms with E-state index in [1.165, 1.54) is 32.1 Å². The van der Waals surface area contributed by atoms with E-state index in [-0.39, 0.29) is 30.3 Å². The fourth-order valence-electron chi connectivity index (χ4n) is 5.19. The second kappa shape index (κ2) is 10.6. The summed E-state index contributed by atoms with van der Waals surface area (Å²) in [6.07, 6.45) is 7.70. The minimum absolute atomic E-state index is 0.0843. The monoisotopic (exact) mass is 451 g/mol. The maximum atomic E-state index is 13.1. The Kier molecular flexibility index (Phi) is 7.60. The van der Waals surface area contributed by atoms with E-state index in [1.54, 1.807) is 0 Å². The number of fused-ring (bicyclic) bond motifs is 1. The van der Waals surface area contributed by atoms with Gasteiger partial charge in [0.15, 0.2) is 0 Å². The maximum Gasteiger partial charge on any atom is 0.260 e. The third kappa shape index (κ3) is 5.53. The number of aryl methyl sites for hydroxylation is 1. The molecule has 7 heteroatoms. The predicted octanol–water partition coefficient (Wildman–Crippen LogP) is 3.77. The van der Waals surface area contributed by atoms with Gasteiger partial charge >= 0.3 is 0 Å². The smallest absolute Gasteiger partial charge is 0.260 e. The lowest BCUT2D eigenvalue weighted by molar-refractivity contribution is 0.0976. The van der Waals surface area contributed by atoms with Crippen molar-refractivity contribution in [3.63, 3.8) is 0 Å². The molecule has 0 bridgehead atoms. The summed E-state index contributed by atoms with van der Waals surface area (Å²) in [6.45, 7) is 5.40. The van der Waals surface area contributed by atoms with Crippen LogP contribution in [0.1, 0.15) is 67.8 Å². The van der Waals surface area contributed by atoms with E-state index >= 15 is 0 Å². The van der Waals surface area contributed by atoms with Crippen molar-refractivity contribution in [3.8, 4) is 0 Å². The van der Waals surface area contributed by atoms with E-state index in [2.05, 4.69) is 15.5 Å². The number of nitrogens with one attached hydrogen (secondary N) is 3. The molecule has 4 rings (SSSR count). The third-order valence-corrected chi connectivity index (χ3v) is 7.14. The fraction of sp³-hybridized carbons (Fsp3) is 0.577. The van der Waals surface area contributed by atoms with Crippen LogP contribution in [-0.4, -0.2) is 53.6 Å². The van der Waals surface area contributed by atoms with Crippen molar-refractivity contribution in [1.29, 1.82) is 5.41 Å². The summed E-state index contributed by atoms with van der Waals surface area (Å²) in [6, 6.07) is 8.78. The van der Waals surface area contributed by atoms with Crippen LogP contribution in [0, 0.1) is 18.3 Å². The Bertz CT molecular complexity index is 1000. The fourth-order valence-corrected chi connectivity index (χ4v) is 5.19. The molecule has 2 aliphatic rings. The lowest BCUT2D eigenvalue weighted by Gasteiger charge is -2.41. The lowest BCUT2D eigenvalue weighted by Crippen LogP contribution is -2.54. The molecule has 0 spiro atoms. The van der Waals surface area contributed by atoms with Gasteiger partial charge in [-0.3, -0.25) is 10.2 Å². The number of aliphatic hydroxyl groups is 1. The Morgan fingerprint density at radius 1 is 1.21 bits per heavy atom. The number of rotatable bonds is 6. The van der Waals surface area contributed by atoms with E-state index in [1.807, 2.05) is 38.1 Å². The number of aromatic nitrogens is 1. The van der Waals surface area contributed by atoms with Crippen molar-refractivity contribution in [3.05, 3.63) is 35.4 Å². The topological polar surface area (TPSA) is 101 Å². The Hall–Kier alpha value is -2.51. The average Bonchev–Trinajstić information content (AvgIpc) is 2.84. The summed E-state index contributed by atoms with van der Waals surface area (Å²) in [5.74, 6) is 0.623. The normalized spacial score (nSPS) is 21.8. The van der Waals surface area contributed by atoms with Crippen LogP contribution in [0.3, 0.4) is 0 Å². The number of carbonyl (C=O) groups excluding carboxylic acids is 1. The Balaban J connectivity index is 1.60. The molecule has 2 atom stereocenters. The number of piperidine rings is 1. The van der Waals surface area contributed by atoms with Crippen LogP contribution in [0.4, 0.5) is 5.82 Å². The highest BCUT2D eigenvalue weighted by molar-refractivity contribution is 6.09. The van der Waals surface area contributed by atoms with Gasteiger partial charge in [-0.25, -0.2) is 4.98 Å². The zero-order valence-corrected chi connectivity index (χ0v) is 19.9. The Morgan fingerprint density at radius 2 is 2.00 bits per heavy atom. The molecule has 2 aromatic rings.